The summed E-state index contributed by atoms with van der Waals surface area (Å²) in [6, 6.07) is 4.50. The highest BCUT2D eigenvalue weighted by Gasteiger charge is 2.58. The van der Waals surface area contributed by atoms with Crippen LogP contribution in [0.3, 0.4) is 0 Å². The molecule has 1 aromatic carbocycles. The number of nitrogens with zero attached hydrogens (tertiary/aromatic N) is 1. The standard InChI is InChI=1S/C26H37N3O4/c1-7-14(2)19(13-30)29-23(25(32)28-22-16(4)9-8-10-17(22)5)18-12-11-15(3)20(24(31)27-6)21(18)26(29)33/h8-12,14-15,18-21,23,30H,7,13H2,1-6H3,(H,27,31)(H,28,32)/t14-,15+,18-,19-,20+,21+,23-/m0/s1. The maximum atomic E-state index is 13.9. The molecule has 0 spiro atoms. The second-order valence-electron chi connectivity index (χ2n) is 9.57. The lowest BCUT2D eigenvalue weighted by atomic mass is 9.70. The minimum atomic E-state index is -0.802. The number of carbonyl (C=O) groups is 3. The van der Waals surface area contributed by atoms with E-state index >= 15 is 0 Å². The van der Waals surface area contributed by atoms with Gasteiger partial charge in [-0.25, -0.2) is 0 Å². The van der Waals surface area contributed by atoms with E-state index in [1.165, 1.54) is 0 Å². The van der Waals surface area contributed by atoms with Crippen LogP contribution in [0.2, 0.25) is 0 Å². The van der Waals surface area contributed by atoms with Gasteiger partial charge in [-0.3, -0.25) is 14.4 Å². The molecule has 1 aromatic rings. The molecule has 1 heterocycles. The Kier molecular flexibility index (Phi) is 7.62. The molecular weight excluding hydrogens is 418 g/mol. The zero-order chi connectivity index (χ0) is 24.4. The zero-order valence-corrected chi connectivity index (χ0v) is 20.5. The third kappa shape index (κ3) is 4.43. The molecule has 1 fully saturated rings. The smallest absolute Gasteiger partial charge is 0.247 e. The van der Waals surface area contributed by atoms with Crippen molar-refractivity contribution in [2.45, 2.75) is 53.1 Å². The van der Waals surface area contributed by atoms with Crippen molar-refractivity contribution in [3.05, 3.63) is 41.5 Å². The molecule has 0 saturated carbocycles. The number of nitrogens with one attached hydrogen (secondary N) is 2. The molecule has 0 unspecified atom stereocenters. The summed E-state index contributed by atoms with van der Waals surface area (Å²) < 4.78 is 0. The first-order chi connectivity index (χ1) is 15.7. The summed E-state index contributed by atoms with van der Waals surface area (Å²) in [5.41, 5.74) is 2.61. The molecule has 0 radical (unpaired) electrons. The van der Waals surface area contributed by atoms with Crippen molar-refractivity contribution in [1.29, 1.82) is 0 Å². The molecule has 33 heavy (non-hydrogen) atoms. The minimum Gasteiger partial charge on any atom is -0.394 e. The Morgan fingerprint density at radius 3 is 2.33 bits per heavy atom. The van der Waals surface area contributed by atoms with Gasteiger partial charge in [0.15, 0.2) is 0 Å². The van der Waals surface area contributed by atoms with Crippen LogP contribution in [0, 0.1) is 43.4 Å². The van der Waals surface area contributed by atoms with E-state index < -0.39 is 29.8 Å². The SMILES string of the molecule is CC[C@H](C)[C@H](CO)N1C(=O)[C@@H]2[C@H](C=C[C@@H](C)[C@H]2C(=O)NC)[C@H]1C(=O)Nc1c(C)cccc1C. The van der Waals surface area contributed by atoms with Crippen molar-refractivity contribution < 1.29 is 19.5 Å². The minimum absolute atomic E-state index is 0.00513. The molecule has 0 aromatic heterocycles. The van der Waals surface area contributed by atoms with Crippen LogP contribution in [0.15, 0.2) is 30.4 Å². The Labute approximate surface area is 196 Å². The predicted molar refractivity (Wildman–Crippen MR) is 128 cm³/mol. The molecule has 3 N–H and O–H groups in total. The summed E-state index contributed by atoms with van der Waals surface area (Å²) in [6.07, 6.45) is 4.61. The second kappa shape index (κ2) is 10.1. The van der Waals surface area contributed by atoms with E-state index in [1.54, 1.807) is 11.9 Å². The van der Waals surface area contributed by atoms with Gasteiger partial charge in [0.05, 0.1) is 24.5 Å². The van der Waals surface area contributed by atoms with Crippen LogP contribution in [0.1, 0.15) is 38.3 Å². The Morgan fingerprint density at radius 1 is 1.15 bits per heavy atom. The van der Waals surface area contributed by atoms with Gasteiger partial charge < -0.3 is 20.6 Å². The third-order valence-electron chi connectivity index (χ3n) is 7.60. The lowest BCUT2D eigenvalue weighted by molar-refractivity contribution is -0.143. The van der Waals surface area contributed by atoms with Gasteiger partial charge in [0, 0.05) is 18.7 Å². The molecule has 1 aliphatic heterocycles. The van der Waals surface area contributed by atoms with Crippen molar-refractivity contribution in [3.63, 3.8) is 0 Å². The highest BCUT2D eigenvalue weighted by molar-refractivity contribution is 6.02. The fraction of sp³-hybridized carbons (Fsp3) is 0.577. The van der Waals surface area contributed by atoms with Gasteiger partial charge in [-0.15, -0.1) is 0 Å². The highest BCUT2D eigenvalue weighted by Crippen LogP contribution is 2.45. The fourth-order valence-corrected chi connectivity index (χ4v) is 5.49. The van der Waals surface area contributed by atoms with Crippen molar-refractivity contribution in [1.82, 2.24) is 10.2 Å². The van der Waals surface area contributed by atoms with E-state index in [2.05, 4.69) is 10.6 Å². The number of para-hydroxylation sites is 1. The lowest BCUT2D eigenvalue weighted by Crippen LogP contribution is -2.52. The molecule has 0 bridgehead atoms. The largest absolute Gasteiger partial charge is 0.394 e. The number of allylic oxidation sites excluding steroid dienone is 1. The summed E-state index contributed by atoms with van der Waals surface area (Å²) in [7, 11) is 1.57. The van der Waals surface area contributed by atoms with Crippen molar-refractivity contribution in [3.8, 4) is 0 Å². The van der Waals surface area contributed by atoms with E-state index in [4.69, 9.17) is 0 Å². The van der Waals surface area contributed by atoms with Gasteiger partial charge in [0.2, 0.25) is 17.7 Å². The number of aliphatic hydroxyl groups excluding tert-OH is 1. The Bertz CT molecular complexity index is 923. The number of likely N-dealkylation sites (tertiary alicyclic amines) is 1. The van der Waals surface area contributed by atoms with Gasteiger partial charge in [-0.1, -0.05) is 57.5 Å². The van der Waals surface area contributed by atoms with Crippen molar-refractivity contribution in [2.24, 2.45) is 29.6 Å². The van der Waals surface area contributed by atoms with E-state index in [1.807, 2.05) is 65.0 Å². The molecule has 3 amide bonds. The Hall–Kier alpha value is -2.67. The number of anilines is 1. The Balaban J connectivity index is 2.08. The maximum Gasteiger partial charge on any atom is 0.247 e. The maximum absolute atomic E-state index is 13.9. The molecule has 3 rings (SSSR count). The number of benzene rings is 1. The van der Waals surface area contributed by atoms with Crippen LogP contribution in [-0.2, 0) is 14.4 Å². The molecule has 1 saturated heterocycles. The topological polar surface area (TPSA) is 98.7 Å². The Morgan fingerprint density at radius 2 is 1.79 bits per heavy atom. The molecule has 2 aliphatic rings. The molecular formula is C26H37N3O4. The first kappa shape index (κ1) is 25.0. The number of carbonyl (C=O) groups excluding carboxylic acids is 3. The van der Waals surface area contributed by atoms with Crippen molar-refractivity contribution in [2.75, 3.05) is 19.0 Å². The summed E-state index contributed by atoms with van der Waals surface area (Å²) in [4.78, 5) is 42.0. The van der Waals surface area contributed by atoms with Gasteiger partial charge in [0.25, 0.3) is 0 Å². The average Bonchev–Trinajstić information content (AvgIpc) is 3.08. The quantitative estimate of drug-likeness (QED) is 0.551. The van der Waals surface area contributed by atoms with Gasteiger partial charge in [0.1, 0.15) is 6.04 Å². The number of amides is 3. The number of rotatable bonds is 7. The normalized spacial score (nSPS) is 28.3. The van der Waals surface area contributed by atoms with E-state index in [0.717, 1.165) is 23.2 Å². The fourth-order valence-electron chi connectivity index (χ4n) is 5.49. The monoisotopic (exact) mass is 455 g/mol. The lowest BCUT2D eigenvalue weighted by Gasteiger charge is -2.36. The first-order valence-electron chi connectivity index (χ1n) is 11.9. The summed E-state index contributed by atoms with van der Waals surface area (Å²) in [5, 5.41) is 16.0. The number of aliphatic hydroxyl groups is 1. The number of hydrogen-bond donors (Lipinski definition) is 3. The van der Waals surface area contributed by atoms with Gasteiger partial charge in [-0.2, -0.15) is 0 Å². The van der Waals surface area contributed by atoms with Crippen LogP contribution < -0.4 is 10.6 Å². The number of fused-ring (bicyclic) bond motifs is 1. The van der Waals surface area contributed by atoms with E-state index in [0.29, 0.717) is 0 Å². The summed E-state index contributed by atoms with van der Waals surface area (Å²) in [6.45, 7) is 9.53. The van der Waals surface area contributed by atoms with E-state index in [-0.39, 0.29) is 36.2 Å². The molecule has 7 heteroatoms. The predicted octanol–water partition coefficient (Wildman–Crippen LogP) is 2.66. The van der Waals surface area contributed by atoms with Crippen LogP contribution >= 0.6 is 0 Å². The number of hydrogen-bond acceptors (Lipinski definition) is 4. The number of aryl methyl sites for hydroxylation is 2. The first-order valence-corrected chi connectivity index (χ1v) is 11.9. The molecule has 180 valence electrons. The van der Waals surface area contributed by atoms with Crippen LogP contribution in [-0.4, -0.2) is 53.5 Å². The van der Waals surface area contributed by atoms with Crippen LogP contribution in [0.25, 0.3) is 0 Å². The molecule has 7 nitrogen and oxygen atoms in total. The zero-order valence-electron chi connectivity index (χ0n) is 20.5. The summed E-state index contributed by atoms with van der Waals surface area (Å²) in [5.74, 6) is -2.50. The van der Waals surface area contributed by atoms with Gasteiger partial charge >= 0.3 is 0 Å². The molecule has 7 atom stereocenters. The van der Waals surface area contributed by atoms with Gasteiger partial charge in [-0.05, 0) is 36.8 Å². The summed E-state index contributed by atoms with van der Waals surface area (Å²) >= 11 is 0. The van der Waals surface area contributed by atoms with Crippen LogP contribution in [0.5, 0.6) is 0 Å². The van der Waals surface area contributed by atoms with E-state index in [9.17, 15) is 19.5 Å². The van der Waals surface area contributed by atoms with Crippen LogP contribution in [0.4, 0.5) is 5.69 Å². The second-order valence-corrected chi connectivity index (χ2v) is 9.57. The average molecular weight is 456 g/mol. The molecule has 1 aliphatic carbocycles. The third-order valence-corrected chi connectivity index (χ3v) is 7.60. The van der Waals surface area contributed by atoms with Crippen molar-refractivity contribution >= 4 is 23.4 Å². The highest BCUT2D eigenvalue weighted by atomic mass is 16.3.